The number of piperazine rings is 1. The van der Waals surface area contributed by atoms with E-state index in [0.29, 0.717) is 45.4 Å². The monoisotopic (exact) mass is 439 g/mol. The normalized spacial score (nSPS) is 25.1. The Morgan fingerprint density at radius 2 is 1.48 bits per heavy atom. The molecule has 0 spiro atoms. The average molecular weight is 440 g/mol. The fourth-order valence-corrected chi connectivity index (χ4v) is 4.74. The number of hydrogen-bond acceptors (Lipinski definition) is 7. The molecule has 1 atom stereocenters. The molecule has 1 N–H and O–H groups in total. The van der Waals surface area contributed by atoms with Crippen molar-refractivity contribution in [1.82, 2.24) is 24.9 Å². The summed E-state index contributed by atoms with van der Waals surface area (Å²) >= 11 is 0. The first-order valence-electron chi connectivity index (χ1n) is 11.6. The number of rotatable bonds is 4. The first-order valence-corrected chi connectivity index (χ1v) is 11.6. The van der Waals surface area contributed by atoms with E-state index >= 15 is 0 Å². The Morgan fingerprint density at radius 1 is 0.903 bits per heavy atom. The number of nitrogens with zero attached hydrogens (tertiary/aromatic N) is 4. The fourth-order valence-electron chi connectivity index (χ4n) is 4.74. The van der Waals surface area contributed by atoms with Gasteiger partial charge in [-0.1, -0.05) is 0 Å². The van der Waals surface area contributed by atoms with E-state index in [4.69, 9.17) is 9.47 Å². The van der Waals surface area contributed by atoms with E-state index in [9.17, 15) is 9.59 Å². The lowest BCUT2D eigenvalue weighted by molar-refractivity contribution is -0.151. The highest BCUT2D eigenvalue weighted by molar-refractivity contribution is 5.89. The van der Waals surface area contributed by atoms with Crippen molar-refractivity contribution >= 4 is 12.0 Å². The number of piperidine rings is 1. The molecule has 0 aliphatic carbocycles. The van der Waals surface area contributed by atoms with E-state index in [1.807, 2.05) is 30.6 Å². The highest BCUT2D eigenvalue weighted by atomic mass is 16.6. The highest BCUT2D eigenvalue weighted by Crippen LogP contribution is 2.22. The Kier molecular flexibility index (Phi) is 7.83. The SMILES string of the molecule is CN1CCC(N2CCN(C(=O)[C@@](C)(NC(=O)OC(C)(C)C)N3CCOCC3)CC2)CC1. The van der Waals surface area contributed by atoms with Crippen molar-refractivity contribution in [1.29, 1.82) is 0 Å². The van der Waals surface area contributed by atoms with Crippen molar-refractivity contribution in [3.63, 3.8) is 0 Å². The highest BCUT2D eigenvalue weighted by Gasteiger charge is 2.45. The standard InChI is InChI=1S/C22H41N5O4/c1-21(2,3)31-20(29)23-22(4,27-14-16-30-17-15-27)19(28)26-12-10-25(11-13-26)18-6-8-24(5)9-7-18/h18H,6-17H2,1-5H3,(H,23,29)/t22-/m0/s1. The predicted octanol–water partition coefficient (Wildman–Crippen LogP) is 0.798. The second-order valence-electron chi connectivity index (χ2n) is 10.2. The minimum absolute atomic E-state index is 0.0664. The summed E-state index contributed by atoms with van der Waals surface area (Å²) in [5, 5.41) is 2.90. The van der Waals surface area contributed by atoms with Crippen LogP contribution in [-0.2, 0) is 14.3 Å². The lowest BCUT2D eigenvalue weighted by Gasteiger charge is -2.47. The zero-order valence-corrected chi connectivity index (χ0v) is 20.0. The van der Waals surface area contributed by atoms with Crippen LogP contribution >= 0.6 is 0 Å². The van der Waals surface area contributed by atoms with Crippen molar-refractivity contribution < 1.29 is 19.1 Å². The van der Waals surface area contributed by atoms with E-state index in [2.05, 4.69) is 22.2 Å². The zero-order chi connectivity index (χ0) is 22.6. The molecule has 178 valence electrons. The van der Waals surface area contributed by atoms with Crippen LogP contribution in [0.4, 0.5) is 4.79 Å². The van der Waals surface area contributed by atoms with Crippen LogP contribution in [0.1, 0.15) is 40.5 Å². The molecule has 3 heterocycles. The molecule has 3 aliphatic heterocycles. The smallest absolute Gasteiger partial charge is 0.409 e. The Bertz CT molecular complexity index is 618. The molecule has 0 unspecified atom stereocenters. The average Bonchev–Trinajstić information content (AvgIpc) is 2.73. The molecule has 2 amide bonds. The molecular weight excluding hydrogens is 398 g/mol. The summed E-state index contributed by atoms with van der Waals surface area (Å²) in [5.41, 5.74) is -1.78. The third kappa shape index (κ3) is 6.31. The van der Waals surface area contributed by atoms with Crippen LogP contribution in [0.15, 0.2) is 0 Å². The Balaban J connectivity index is 1.64. The summed E-state index contributed by atoms with van der Waals surface area (Å²) < 4.78 is 10.9. The molecule has 3 saturated heterocycles. The Morgan fingerprint density at radius 3 is 2.03 bits per heavy atom. The maximum absolute atomic E-state index is 13.7. The van der Waals surface area contributed by atoms with Crippen molar-refractivity contribution in [2.75, 3.05) is 72.6 Å². The minimum atomic E-state index is -1.15. The van der Waals surface area contributed by atoms with E-state index in [1.54, 1.807) is 6.92 Å². The number of hydrogen-bond donors (Lipinski definition) is 1. The molecule has 0 bridgehead atoms. The van der Waals surface area contributed by atoms with E-state index in [-0.39, 0.29) is 5.91 Å². The van der Waals surface area contributed by atoms with Crippen LogP contribution in [0.25, 0.3) is 0 Å². The van der Waals surface area contributed by atoms with Gasteiger partial charge in [0.05, 0.1) is 13.2 Å². The summed E-state index contributed by atoms with van der Waals surface area (Å²) in [6, 6.07) is 0.610. The molecule has 3 aliphatic rings. The maximum atomic E-state index is 13.7. The summed E-state index contributed by atoms with van der Waals surface area (Å²) in [5.74, 6) is -0.0664. The first kappa shape index (κ1) is 24.2. The van der Waals surface area contributed by atoms with E-state index in [1.165, 1.54) is 12.8 Å². The van der Waals surface area contributed by atoms with Gasteiger partial charge in [-0.3, -0.25) is 19.9 Å². The van der Waals surface area contributed by atoms with Gasteiger partial charge >= 0.3 is 6.09 Å². The second kappa shape index (κ2) is 10.0. The second-order valence-corrected chi connectivity index (χ2v) is 10.2. The number of amides is 2. The van der Waals surface area contributed by atoms with Crippen LogP contribution in [0.5, 0.6) is 0 Å². The number of nitrogens with one attached hydrogen (secondary N) is 1. The van der Waals surface area contributed by atoms with E-state index in [0.717, 1.165) is 26.2 Å². The number of likely N-dealkylation sites (tertiary alicyclic amines) is 1. The minimum Gasteiger partial charge on any atom is -0.444 e. The van der Waals surface area contributed by atoms with E-state index < -0.39 is 17.4 Å². The lowest BCUT2D eigenvalue weighted by Crippen LogP contribution is -2.70. The molecule has 9 heteroatoms. The van der Waals surface area contributed by atoms with Crippen LogP contribution in [0, 0.1) is 0 Å². The van der Waals surface area contributed by atoms with Gasteiger partial charge in [-0.2, -0.15) is 0 Å². The Labute approximate surface area is 187 Å². The number of ether oxygens (including phenoxy) is 2. The van der Waals surface area contributed by atoms with Crippen LogP contribution < -0.4 is 5.32 Å². The van der Waals surface area contributed by atoms with Crippen LogP contribution in [-0.4, -0.2) is 122 Å². The fraction of sp³-hybridized carbons (Fsp3) is 0.909. The maximum Gasteiger partial charge on any atom is 0.409 e. The third-order valence-corrected chi connectivity index (χ3v) is 6.61. The molecular formula is C22H41N5O4. The largest absolute Gasteiger partial charge is 0.444 e. The van der Waals surface area contributed by atoms with Crippen molar-refractivity contribution in [3.05, 3.63) is 0 Å². The van der Waals surface area contributed by atoms with Gasteiger partial charge in [-0.15, -0.1) is 0 Å². The predicted molar refractivity (Wildman–Crippen MR) is 119 cm³/mol. The number of carbonyl (C=O) groups is 2. The quantitative estimate of drug-likeness (QED) is 0.694. The molecule has 0 saturated carbocycles. The summed E-state index contributed by atoms with van der Waals surface area (Å²) in [4.78, 5) is 35.1. The molecule has 3 fully saturated rings. The van der Waals surface area contributed by atoms with Crippen molar-refractivity contribution in [2.24, 2.45) is 0 Å². The number of morpholine rings is 1. The topological polar surface area (TPSA) is 77.6 Å². The van der Waals surface area contributed by atoms with Gasteiger partial charge in [0.2, 0.25) is 0 Å². The summed E-state index contributed by atoms with van der Waals surface area (Å²) in [6.45, 7) is 14.9. The molecule has 0 aromatic heterocycles. The van der Waals surface area contributed by atoms with Gasteiger partial charge in [-0.25, -0.2) is 4.79 Å². The molecule has 9 nitrogen and oxygen atoms in total. The third-order valence-electron chi connectivity index (χ3n) is 6.61. The molecule has 31 heavy (non-hydrogen) atoms. The molecule has 0 aromatic carbocycles. The summed E-state index contributed by atoms with van der Waals surface area (Å²) in [6.07, 6.45) is 1.81. The van der Waals surface area contributed by atoms with Gasteiger partial charge in [0.15, 0.2) is 5.66 Å². The summed E-state index contributed by atoms with van der Waals surface area (Å²) in [7, 11) is 2.18. The first-order chi connectivity index (χ1) is 14.6. The van der Waals surface area contributed by atoms with Crippen molar-refractivity contribution in [2.45, 2.75) is 57.8 Å². The molecule has 3 rings (SSSR count). The number of alkyl carbamates (subject to hydrolysis) is 1. The van der Waals surface area contributed by atoms with Crippen LogP contribution in [0.2, 0.25) is 0 Å². The molecule has 0 aromatic rings. The van der Waals surface area contributed by atoms with Gasteiger partial charge in [-0.05, 0) is 60.7 Å². The van der Waals surface area contributed by atoms with Gasteiger partial charge in [0, 0.05) is 45.3 Å². The van der Waals surface area contributed by atoms with Gasteiger partial charge in [0.25, 0.3) is 5.91 Å². The number of carbonyl (C=O) groups excluding carboxylic acids is 2. The Hall–Kier alpha value is -1.42. The molecule has 0 radical (unpaired) electrons. The van der Waals surface area contributed by atoms with Crippen LogP contribution in [0.3, 0.4) is 0 Å². The van der Waals surface area contributed by atoms with Crippen molar-refractivity contribution in [3.8, 4) is 0 Å². The van der Waals surface area contributed by atoms with Gasteiger partial charge in [0.1, 0.15) is 5.60 Å². The lowest BCUT2D eigenvalue weighted by atomic mass is 10.0. The van der Waals surface area contributed by atoms with Gasteiger partial charge < -0.3 is 19.3 Å². The zero-order valence-electron chi connectivity index (χ0n) is 20.0.